The number of nitrogens with zero attached hydrogens (tertiary/aromatic N) is 4. The molecule has 6 nitrogen and oxygen atoms in total. The second-order valence-corrected chi connectivity index (χ2v) is 5.62. The van der Waals surface area contributed by atoms with Gasteiger partial charge in [0.15, 0.2) is 23.3 Å². The van der Waals surface area contributed by atoms with Crippen LogP contribution in [0.3, 0.4) is 0 Å². The summed E-state index contributed by atoms with van der Waals surface area (Å²) in [5.74, 6) is -11.2. The number of hydrogen-bond acceptors (Lipinski definition) is 5. The molecular weight excluding hydrogens is 375 g/mol. The van der Waals surface area contributed by atoms with Crippen LogP contribution in [0.1, 0.15) is 22.5 Å². The standard InChI is InChI=1S/C16H11F5N4O2/c1-6-8(7(2)25-16(24-6)22-5-23-25)3-10(26)27-4-9-11(17)13(19)15(21)14(20)12(9)18/h5H,3-4H2,1-2H3. The topological polar surface area (TPSA) is 69.4 Å². The summed E-state index contributed by atoms with van der Waals surface area (Å²) in [6.07, 6.45) is 0.940. The molecule has 0 saturated carbocycles. The first-order valence-corrected chi connectivity index (χ1v) is 7.54. The first kappa shape index (κ1) is 18.7. The molecule has 0 bridgehead atoms. The highest BCUT2D eigenvalue weighted by molar-refractivity contribution is 5.73. The molecule has 0 fully saturated rings. The zero-order valence-corrected chi connectivity index (χ0v) is 14.0. The highest BCUT2D eigenvalue weighted by atomic mass is 19.2. The van der Waals surface area contributed by atoms with E-state index in [-0.39, 0.29) is 6.42 Å². The predicted molar refractivity (Wildman–Crippen MR) is 80.0 cm³/mol. The SMILES string of the molecule is Cc1nc2ncnn2c(C)c1CC(=O)OCc1c(F)c(F)c(F)c(F)c1F. The minimum atomic E-state index is -2.28. The van der Waals surface area contributed by atoms with Gasteiger partial charge in [-0.2, -0.15) is 10.1 Å². The lowest BCUT2D eigenvalue weighted by molar-refractivity contribution is -0.144. The Morgan fingerprint density at radius 3 is 2.22 bits per heavy atom. The van der Waals surface area contributed by atoms with Crippen molar-refractivity contribution < 1.29 is 31.5 Å². The highest BCUT2D eigenvalue weighted by Gasteiger charge is 2.26. The molecule has 0 aliphatic heterocycles. The minimum absolute atomic E-state index is 0.323. The Labute approximate surface area is 148 Å². The van der Waals surface area contributed by atoms with E-state index in [1.807, 2.05) is 0 Å². The van der Waals surface area contributed by atoms with Gasteiger partial charge in [-0.1, -0.05) is 0 Å². The Morgan fingerprint density at radius 1 is 1.00 bits per heavy atom. The van der Waals surface area contributed by atoms with E-state index in [1.54, 1.807) is 13.8 Å². The van der Waals surface area contributed by atoms with E-state index in [9.17, 15) is 26.7 Å². The molecule has 2 heterocycles. The molecule has 3 aromatic rings. The number of halogens is 5. The minimum Gasteiger partial charge on any atom is -0.460 e. The Balaban J connectivity index is 1.80. The summed E-state index contributed by atoms with van der Waals surface area (Å²) in [4.78, 5) is 20.1. The number of ether oxygens (including phenoxy) is 1. The van der Waals surface area contributed by atoms with Crippen molar-refractivity contribution in [2.75, 3.05) is 0 Å². The van der Waals surface area contributed by atoms with Crippen LogP contribution in [-0.2, 0) is 22.6 Å². The molecule has 0 aliphatic rings. The zero-order chi connectivity index (χ0) is 19.9. The van der Waals surface area contributed by atoms with Gasteiger partial charge in [0.2, 0.25) is 5.82 Å². The molecule has 11 heteroatoms. The van der Waals surface area contributed by atoms with Crippen LogP contribution in [0, 0.1) is 42.9 Å². The van der Waals surface area contributed by atoms with Crippen molar-refractivity contribution in [2.24, 2.45) is 0 Å². The van der Waals surface area contributed by atoms with Gasteiger partial charge in [0.25, 0.3) is 5.78 Å². The molecule has 27 heavy (non-hydrogen) atoms. The van der Waals surface area contributed by atoms with Crippen molar-refractivity contribution >= 4 is 11.7 Å². The number of rotatable bonds is 4. The van der Waals surface area contributed by atoms with E-state index in [2.05, 4.69) is 15.1 Å². The van der Waals surface area contributed by atoms with E-state index >= 15 is 0 Å². The molecule has 3 rings (SSSR count). The lowest BCUT2D eigenvalue weighted by atomic mass is 10.1. The molecule has 0 atom stereocenters. The average Bonchev–Trinajstić information content (AvgIpc) is 3.10. The van der Waals surface area contributed by atoms with Gasteiger partial charge in [0.1, 0.15) is 12.9 Å². The van der Waals surface area contributed by atoms with Crippen molar-refractivity contribution in [3.8, 4) is 0 Å². The number of carbonyl (C=O) groups is 1. The third kappa shape index (κ3) is 3.20. The van der Waals surface area contributed by atoms with Gasteiger partial charge in [0.05, 0.1) is 12.0 Å². The molecule has 0 unspecified atom stereocenters. The van der Waals surface area contributed by atoms with Crippen LogP contribution in [0.15, 0.2) is 6.33 Å². The van der Waals surface area contributed by atoms with Crippen molar-refractivity contribution in [3.63, 3.8) is 0 Å². The Bertz CT molecular complexity index is 1040. The Morgan fingerprint density at radius 2 is 1.59 bits per heavy atom. The van der Waals surface area contributed by atoms with E-state index in [0.717, 1.165) is 0 Å². The summed E-state index contributed by atoms with van der Waals surface area (Å²) in [5.41, 5.74) is 0.220. The molecule has 0 radical (unpaired) electrons. The first-order chi connectivity index (χ1) is 12.7. The van der Waals surface area contributed by atoms with Gasteiger partial charge in [-0.3, -0.25) is 4.79 Å². The van der Waals surface area contributed by atoms with Gasteiger partial charge in [-0.05, 0) is 13.8 Å². The van der Waals surface area contributed by atoms with Crippen LogP contribution in [0.4, 0.5) is 22.0 Å². The molecule has 0 aliphatic carbocycles. The van der Waals surface area contributed by atoms with E-state index in [0.29, 0.717) is 22.7 Å². The fourth-order valence-electron chi connectivity index (χ4n) is 2.54. The number of fused-ring (bicyclic) bond motifs is 1. The lowest BCUT2D eigenvalue weighted by Gasteiger charge is -2.11. The quantitative estimate of drug-likeness (QED) is 0.299. The van der Waals surface area contributed by atoms with Gasteiger partial charge >= 0.3 is 5.97 Å². The summed E-state index contributed by atoms with van der Waals surface area (Å²) in [5, 5.41) is 3.94. The largest absolute Gasteiger partial charge is 0.460 e. The summed E-state index contributed by atoms with van der Waals surface area (Å²) in [6, 6.07) is 0. The average molecular weight is 386 g/mol. The Kier molecular flexibility index (Phi) is 4.77. The van der Waals surface area contributed by atoms with Crippen molar-refractivity contribution in [2.45, 2.75) is 26.9 Å². The van der Waals surface area contributed by atoms with Crippen molar-refractivity contribution in [1.82, 2.24) is 19.6 Å². The number of benzene rings is 1. The van der Waals surface area contributed by atoms with Crippen LogP contribution in [0.5, 0.6) is 0 Å². The third-order valence-corrected chi connectivity index (χ3v) is 3.99. The maximum atomic E-state index is 13.6. The van der Waals surface area contributed by atoms with Crippen LogP contribution in [0.2, 0.25) is 0 Å². The number of carbonyl (C=O) groups excluding carboxylic acids is 1. The molecule has 1 aromatic carbocycles. The maximum Gasteiger partial charge on any atom is 0.310 e. The molecule has 0 saturated heterocycles. The van der Waals surface area contributed by atoms with Crippen molar-refractivity contribution in [1.29, 1.82) is 0 Å². The summed E-state index contributed by atoms with van der Waals surface area (Å²) in [6.45, 7) is 2.17. The number of esters is 1. The molecular formula is C16H11F5N4O2. The van der Waals surface area contributed by atoms with Gasteiger partial charge < -0.3 is 4.74 Å². The van der Waals surface area contributed by atoms with E-state index in [4.69, 9.17) is 4.74 Å². The first-order valence-electron chi connectivity index (χ1n) is 7.54. The highest BCUT2D eigenvalue weighted by Crippen LogP contribution is 2.24. The molecule has 142 valence electrons. The van der Waals surface area contributed by atoms with Gasteiger partial charge in [-0.15, -0.1) is 0 Å². The molecule has 0 amide bonds. The number of aromatic nitrogens is 4. The fourth-order valence-corrected chi connectivity index (χ4v) is 2.54. The smallest absolute Gasteiger partial charge is 0.310 e. The van der Waals surface area contributed by atoms with Crippen LogP contribution >= 0.6 is 0 Å². The monoisotopic (exact) mass is 386 g/mol. The maximum absolute atomic E-state index is 13.6. The fraction of sp³-hybridized carbons (Fsp3) is 0.250. The predicted octanol–water partition coefficient (Wildman–Crippen LogP) is 2.72. The lowest BCUT2D eigenvalue weighted by Crippen LogP contribution is -2.15. The molecule has 0 spiro atoms. The van der Waals surface area contributed by atoms with Crippen LogP contribution < -0.4 is 0 Å². The second-order valence-electron chi connectivity index (χ2n) is 5.62. The van der Waals surface area contributed by atoms with E-state index in [1.165, 1.54) is 10.8 Å². The Hall–Kier alpha value is -3.11. The van der Waals surface area contributed by atoms with E-state index < -0.39 is 47.2 Å². The molecule has 2 aromatic heterocycles. The summed E-state index contributed by atoms with van der Waals surface area (Å²) in [7, 11) is 0. The summed E-state index contributed by atoms with van der Waals surface area (Å²) < 4.78 is 72.7. The second kappa shape index (κ2) is 6.89. The van der Waals surface area contributed by atoms with Gasteiger partial charge in [0, 0.05) is 17.0 Å². The normalized spacial score (nSPS) is 11.2. The van der Waals surface area contributed by atoms with Crippen molar-refractivity contribution in [3.05, 3.63) is 57.9 Å². The number of aryl methyl sites for hydroxylation is 2. The number of hydrogen-bond donors (Lipinski definition) is 0. The van der Waals surface area contributed by atoms with Crippen LogP contribution in [0.25, 0.3) is 5.78 Å². The summed E-state index contributed by atoms with van der Waals surface area (Å²) >= 11 is 0. The molecule has 0 N–H and O–H groups in total. The zero-order valence-electron chi connectivity index (χ0n) is 14.0. The van der Waals surface area contributed by atoms with Gasteiger partial charge in [-0.25, -0.2) is 31.5 Å². The third-order valence-electron chi connectivity index (χ3n) is 3.99. The van der Waals surface area contributed by atoms with Crippen LogP contribution in [-0.4, -0.2) is 25.6 Å².